The van der Waals surface area contributed by atoms with Gasteiger partial charge in [-0.3, -0.25) is 4.79 Å². The highest BCUT2D eigenvalue weighted by Gasteiger charge is 2.44. The van der Waals surface area contributed by atoms with Crippen LogP contribution in [-0.2, 0) is 28.0 Å². The van der Waals surface area contributed by atoms with Crippen LogP contribution >= 0.6 is 11.3 Å². The summed E-state index contributed by atoms with van der Waals surface area (Å²) in [5.41, 5.74) is 8.51. The smallest absolute Gasteiger partial charge is 0.229 e. The fourth-order valence-corrected chi connectivity index (χ4v) is 4.79. The molecule has 0 radical (unpaired) electrons. The third-order valence-corrected chi connectivity index (χ3v) is 6.45. The van der Waals surface area contributed by atoms with Gasteiger partial charge in [-0.1, -0.05) is 29.5 Å². The summed E-state index contributed by atoms with van der Waals surface area (Å²) in [6.45, 7) is 1.97. The second kappa shape index (κ2) is 7.23. The summed E-state index contributed by atoms with van der Waals surface area (Å²) < 4.78 is 8.22. The van der Waals surface area contributed by atoms with Crippen LogP contribution in [-0.4, -0.2) is 50.5 Å². The number of nitrogen functional groups attached to an aromatic ring is 1. The van der Waals surface area contributed by atoms with E-state index in [1.807, 2.05) is 39.9 Å². The van der Waals surface area contributed by atoms with Gasteiger partial charge in [0.25, 0.3) is 0 Å². The number of aromatic nitrogens is 4. The van der Waals surface area contributed by atoms with Crippen molar-refractivity contribution in [2.75, 3.05) is 25.4 Å². The number of fused-ring (bicyclic) bond motifs is 2. The normalized spacial score (nSPS) is 18.0. The molecular formula is C20H22N6O2S. The summed E-state index contributed by atoms with van der Waals surface area (Å²) >= 11 is 1.26. The van der Waals surface area contributed by atoms with Crippen molar-refractivity contribution in [2.24, 2.45) is 0 Å². The zero-order chi connectivity index (χ0) is 19.8. The molecule has 9 heteroatoms. The Morgan fingerprint density at radius 3 is 2.72 bits per heavy atom. The van der Waals surface area contributed by atoms with Crippen molar-refractivity contribution < 1.29 is 9.53 Å². The Balaban J connectivity index is 1.32. The highest BCUT2D eigenvalue weighted by atomic mass is 32.1. The van der Waals surface area contributed by atoms with E-state index in [9.17, 15) is 4.79 Å². The molecule has 0 bridgehead atoms. The summed E-state index contributed by atoms with van der Waals surface area (Å²) in [6.07, 6.45) is 4.72. The number of piperidine rings is 1. The van der Waals surface area contributed by atoms with Gasteiger partial charge in [-0.25, -0.2) is 4.68 Å². The number of amides is 1. The number of hydrogen-bond acceptors (Lipinski definition) is 7. The molecule has 1 amide bonds. The molecule has 8 nitrogen and oxygen atoms in total. The first-order valence-corrected chi connectivity index (χ1v) is 10.6. The Morgan fingerprint density at radius 2 is 2.00 bits per heavy atom. The van der Waals surface area contributed by atoms with Gasteiger partial charge in [0.05, 0.1) is 24.4 Å². The van der Waals surface area contributed by atoms with Gasteiger partial charge < -0.3 is 15.4 Å². The number of carbonyl (C=O) groups excluding carboxylic acids is 1. The SMILES string of the molecule is Nc1nnc(CC(=O)N2CCC3(CC2)OCCc2cn(-c4ccccc4)nc23)s1. The third kappa shape index (κ3) is 3.40. The standard InChI is InChI=1S/C20H22N6O2S/c21-19-23-22-16(29-19)12-17(27)25-9-7-20(8-10-25)18-14(6-11-28-20)13-26(24-18)15-4-2-1-3-5-15/h1-5,13H,6-12H2,(H2,21,23). The molecule has 3 aromatic rings. The number of rotatable bonds is 3. The lowest BCUT2D eigenvalue weighted by Crippen LogP contribution is -2.48. The Bertz CT molecular complexity index is 1020. The van der Waals surface area contributed by atoms with Crippen LogP contribution < -0.4 is 5.73 Å². The molecule has 4 heterocycles. The predicted molar refractivity (Wildman–Crippen MR) is 109 cm³/mol. The molecule has 150 valence electrons. The lowest BCUT2D eigenvalue weighted by molar-refractivity contribution is -0.140. The summed E-state index contributed by atoms with van der Waals surface area (Å²) in [5, 5.41) is 13.7. The molecule has 29 heavy (non-hydrogen) atoms. The average molecular weight is 411 g/mol. The van der Waals surface area contributed by atoms with E-state index in [1.165, 1.54) is 16.9 Å². The number of ether oxygens (including phenoxy) is 1. The number of anilines is 1. The zero-order valence-electron chi connectivity index (χ0n) is 16.0. The van der Waals surface area contributed by atoms with Gasteiger partial charge in [-0.05, 0) is 37.0 Å². The van der Waals surface area contributed by atoms with Gasteiger partial charge in [0.1, 0.15) is 10.6 Å². The van der Waals surface area contributed by atoms with Crippen LogP contribution in [0.3, 0.4) is 0 Å². The van der Waals surface area contributed by atoms with Crippen LogP contribution in [0.5, 0.6) is 0 Å². The minimum Gasteiger partial charge on any atom is -0.374 e. The van der Waals surface area contributed by atoms with E-state index in [-0.39, 0.29) is 12.3 Å². The fourth-order valence-electron chi connectivity index (χ4n) is 4.19. The van der Waals surface area contributed by atoms with Crippen LogP contribution in [0.15, 0.2) is 36.5 Å². The minimum atomic E-state index is -0.405. The summed E-state index contributed by atoms with van der Waals surface area (Å²) in [7, 11) is 0. The van der Waals surface area contributed by atoms with Crippen LogP contribution in [0.2, 0.25) is 0 Å². The van der Waals surface area contributed by atoms with Crippen LogP contribution in [0.25, 0.3) is 5.69 Å². The van der Waals surface area contributed by atoms with Gasteiger partial charge in [0, 0.05) is 19.3 Å². The molecule has 1 aromatic carbocycles. The number of benzene rings is 1. The van der Waals surface area contributed by atoms with Gasteiger partial charge in [-0.2, -0.15) is 5.10 Å². The molecule has 1 saturated heterocycles. The van der Waals surface area contributed by atoms with E-state index in [0.717, 1.165) is 30.6 Å². The van der Waals surface area contributed by atoms with Gasteiger partial charge in [0.2, 0.25) is 11.0 Å². The van der Waals surface area contributed by atoms with Crippen LogP contribution in [0.4, 0.5) is 5.13 Å². The maximum Gasteiger partial charge on any atom is 0.229 e. The van der Waals surface area contributed by atoms with Crippen molar-refractivity contribution in [1.82, 2.24) is 24.9 Å². The number of nitrogens with two attached hydrogens (primary N) is 1. The van der Waals surface area contributed by atoms with E-state index >= 15 is 0 Å². The Morgan fingerprint density at radius 1 is 1.21 bits per heavy atom. The molecular weight excluding hydrogens is 388 g/mol. The molecule has 0 atom stereocenters. The minimum absolute atomic E-state index is 0.0573. The predicted octanol–water partition coefficient (Wildman–Crippen LogP) is 1.94. The first kappa shape index (κ1) is 18.3. The lowest BCUT2D eigenvalue weighted by Gasteiger charge is -2.43. The lowest BCUT2D eigenvalue weighted by atomic mass is 9.83. The zero-order valence-corrected chi connectivity index (χ0v) is 16.8. The Kier molecular flexibility index (Phi) is 4.56. The van der Waals surface area contributed by atoms with Gasteiger partial charge >= 0.3 is 0 Å². The number of hydrogen-bond donors (Lipinski definition) is 1. The molecule has 0 saturated carbocycles. The molecule has 5 rings (SSSR count). The molecule has 2 aliphatic rings. The monoisotopic (exact) mass is 410 g/mol. The molecule has 2 aliphatic heterocycles. The van der Waals surface area contributed by atoms with E-state index in [1.54, 1.807) is 0 Å². The summed E-state index contributed by atoms with van der Waals surface area (Å²) in [6, 6.07) is 10.1. The van der Waals surface area contributed by atoms with Crippen LogP contribution in [0, 0.1) is 0 Å². The van der Waals surface area contributed by atoms with Crippen LogP contribution in [0.1, 0.15) is 29.1 Å². The number of likely N-dealkylation sites (tertiary alicyclic amines) is 1. The second-order valence-corrected chi connectivity index (χ2v) is 8.56. The third-order valence-electron chi connectivity index (χ3n) is 5.70. The summed E-state index contributed by atoms with van der Waals surface area (Å²) in [4.78, 5) is 14.5. The Labute approximate surface area is 172 Å². The summed E-state index contributed by atoms with van der Waals surface area (Å²) in [5.74, 6) is 0.0573. The number of para-hydroxylation sites is 1. The average Bonchev–Trinajstić information content (AvgIpc) is 3.36. The quantitative estimate of drug-likeness (QED) is 0.708. The van der Waals surface area contributed by atoms with E-state index < -0.39 is 5.60 Å². The Hall–Kier alpha value is -2.78. The first-order valence-electron chi connectivity index (χ1n) is 9.77. The molecule has 2 aromatic heterocycles. The van der Waals surface area contributed by atoms with Crippen molar-refractivity contribution in [2.45, 2.75) is 31.3 Å². The largest absolute Gasteiger partial charge is 0.374 e. The molecule has 0 unspecified atom stereocenters. The van der Waals surface area contributed by atoms with Crippen molar-refractivity contribution in [3.05, 3.63) is 52.8 Å². The van der Waals surface area contributed by atoms with Crippen molar-refractivity contribution in [1.29, 1.82) is 0 Å². The molecule has 1 fully saturated rings. The van der Waals surface area contributed by atoms with Gasteiger partial charge in [0.15, 0.2) is 0 Å². The van der Waals surface area contributed by atoms with E-state index in [0.29, 0.717) is 29.8 Å². The van der Waals surface area contributed by atoms with Crippen molar-refractivity contribution in [3.63, 3.8) is 0 Å². The topological polar surface area (TPSA) is 99.2 Å². The fraction of sp³-hybridized carbons (Fsp3) is 0.400. The van der Waals surface area contributed by atoms with E-state index in [4.69, 9.17) is 15.6 Å². The first-order chi connectivity index (χ1) is 14.1. The maximum absolute atomic E-state index is 12.6. The van der Waals surface area contributed by atoms with Crippen molar-refractivity contribution in [3.8, 4) is 5.69 Å². The molecule has 2 N–H and O–H groups in total. The molecule has 0 aliphatic carbocycles. The maximum atomic E-state index is 12.6. The van der Waals surface area contributed by atoms with Gasteiger partial charge in [-0.15, -0.1) is 10.2 Å². The second-order valence-electron chi connectivity index (χ2n) is 7.47. The van der Waals surface area contributed by atoms with Crippen molar-refractivity contribution >= 4 is 22.4 Å². The highest BCUT2D eigenvalue weighted by molar-refractivity contribution is 7.15. The van der Waals surface area contributed by atoms with E-state index in [2.05, 4.69) is 16.4 Å². The number of carbonyl (C=O) groups is 1. The number of nitrogens with zero attached hydrogens (tertiary/aromatic N) is 5. The molecule has 1 spiro atoms. The highest BCUT2D eigenvalue weighted by Crippen LogP contribution is 2.41.